The minimum absolute atomic E-state index is 0.968. The molecule has 0 saturated heterocycles. The quantitative estimate of drug-likeness (QED) is 0.571. The Morgan fingerprint density at radius 2 is 1.65 bits per heavy atom. The maximum absolute atomic E-state index is 4.28. The minimum Gasteiger partial charge on any atom is -0.343 e. The van der Waals surface area contributed by atoms with Gasteiger partial charge in [0, 0.05) is 25.1 Å². The van der Waals surface area contributed by atoms with Crippen molar-refractivity contribution < 1.29 is 0 Å². The van der Waals surface area contributed by atoms with Crippen molar-refractivity contribution in [2.75, 3.05) is 5.43 Å². The Morgan fingerprint density at radius 3 is 2.43 bits per heavy atom. The molecule has 3 rings (SSSR count). The van der Waals surface area contributed by atoms with Crippen LogP contribution in [-0.4, -0.2) is 15.8 Å². The molecule has 1 aromatic carbocycles. The number of aromatic nitrogens is 2. The second-order valence-electron chi connectivity index (χ2n) is 5.09. The van der Waals surface area contributed by atoms with E-state index in [1.165, 1.54) is 0 Å². The van der Waals surface area contributed by atoms with E-state index in [0.29, 0.717) is 0 Å². The van der Waals surface area contributed by atoms with Gasteiger partial charge in [-0.1, -0.05) is 24.3 Å². The highest BCUT2D eigenvalue weighted by Crippen LogP contribution is 2.11. The number of pyridine rings is 1. The average Bonchev–Trinajstić information content (AvgIpc) is 2.95. The summed E-state index contributed by atoms with van der Waals surface area (Å²) < 4.78 is 2.09. The fraction of sp³-hybridized carbons (Fsp3) is 0.0526. The van der Waals surface area contributed by atoms with Crippen LogP contribution in [0.15, 0.2) is 72.1 Å². The molecule has 1 N–H and O–H groups in total. The zero-order valence-corrected chi connectivity index (χ0v) is 12.9. The topological polar surface area (TPSA) is 42.2 Å². The van der Waals surface area contributed by atoms with E-state index in [-0.39, 0.29) is 0 Å². The van der Waals surface area contributed by atoms with E-state index >= 15 is 0 Å². The van der Waals surface area contributed by atoms with Gasteiger partial charge in [0.2, 0.25) is 0 Å². The Labute approximate surface area is 135 Å². The zero-order valence-electron chi connectivity index (χ0n) is 12.9. The van der Waals surface area contributed by atoms with Crippen molar-refractivity contribution in [3.8, 4) is 0 Å². The Balaban J connectivity index is 1.68. The van der Waals surface area contributed by atoms with Crippen molar-refractivity contribution in [2.24, 2.45) is 12.1 Å². The predicted octanol–water partition coefficient (Wildman–Crippen LogP) is 4.04. The first kappa shape index (κ1) is 14.8. The molecular formula is C19H18N4. The number of rotatable bonds is 5. The van der Waals surface area contributed by atoms with Gasteiger partial charge in [0.05, 0.1) is 17.6 Å². The highest BCUT2D eigenvalue weighted by Gasteiger charge is 1.99. The molecule has 0 aliphatic heterocycles. The molecule has 3 aromatic rings. The van der Waals surface area contributed by atoms with Crippen LogP contribution in [0.4, 0.5) is 5.69 Å². The molecule has 4 nitrogen and oxygen atoms in total. The summed E-state index contributed by atoms with van der Waals surface area (Å²) in [6, 6.07) is 18.0. The Kier molecular flexibility index (Phi) is 4.64. The Bertz CT molecular complexity index is 802. The highest BCUT2D eigenvalue weighted by molar-refractivity contribution is 5.80. The van der Waals surface area contributed by atoms with Crippen molar-refractivity contribution >= 4 is 24.1 Å². The second kappa shape index (κ2) is 7.22. The van der Waals surface area contributed by atoms with E-state index in [1.807, 2.05) is 61.8 Å². The van der Waals surface area contributed by atoms with Crippen LogP contribution >= 0.6 is 0 Å². The molecule has 0 aliphatic rings. The van der Waals surface area contributed by atoms with E-state index in [2.05, 4.69) is 38.3 Å². The monoisotopic (exact) mass is 302 g/mol. The molecule has 114 valence electrons. The van der Waals surface area contributed by atoms with Crippen molar-refractivity contribution in [3.05, 3.63) is 83.9 Å². The molecule has 4 heteroatoms. The van der Waals surface area contributed by atoms with Crippen LogP contribution in [0.1, 0.15) is 17.0 Å². The van der Waals surface area contributed by atoms with Gasteiger partial charge in [-0.3, -0.25) is 10.4 Å². The summed E-state index contributed by atoms with van der Waals surface area (Å²) in [6.07, 6.45) is 9.55. The fourth-order valence-electron chi connectivity index (χ4n) is 2.18. The van der Waals surface area contributed by atoms with Gasteiger partial charge in [-0.05, 0) is 48.0 Å². The first-order chi connectivity index (χ1) is 11.3. The van der Waals surface area contributed by atoms with E-state index in [1.54, 1.807) is 12.4 Å². The lowest BCUT2D eigenvalue weighted by Crippen LogP contribution is -1.98. The predicted molar refractivity (Wildman–Crippen MR) is 96.2 cm³/mol. The zero-order chi connectivity index (χ0) is 15.9. The lowest BCUT2D eigenvalue weighted by atomic mass is 10.2. The number of hydrazone groups is 1. The normalized spacial score (nSPS) is 11.3. The smallest absolute Gasteiger partial charge is 0.0709 e. The van der Waals surface area contributed by atoms with E-state index < -0.39 is 0 Å². The van der Waals surface area contributed by atoms with Crippen molar-refractivity contribution in [1.82, 2.24) is 9.55 Å². The first-order valence-corrected chi connectivity index (χ1v) is 7.41. The number of para-hydroxylation sites is 1. The largest absolute Gasteiger partial charge is 0.343 e. The van der Waals surface area contributed by atoms with E-state index in [4.69, 9.17) is 0 Å². The summed E-state index contributed by atoms with van der Waals surface area (Å²) in [7, 11) is 2.02. The molecule has 0 saturated carbocycles. The van der Waals surface area contributed by atoms with Gasteiger partial charge in [-0.25, -0.2) is 0 Å². The van der Waals surface area contributed by atoms with Crippen molar-refractivity contribution in [3.63, 3.8) is 0 Å². The molecule has 0 fully saturated rings. The fourth-order valence-corrected chi connectivity index (χ4v) is 2.18. The standard InChI is InChI=1S/C19H18N4/c1-23-18(8-7-16-11-13-20-14-12-16)9-10-19(23)15-21-22-17-5-3-2-4-6-17/h2-15,22H,1H3/b8-7+,21-15+. The summed E-state index contributed by atoms with van der Waals surface area (Å²) in [4.78, 5) is 4.02. The van der Waals surface area contributed by atoms with Crippen LogP contribution in [0.3, 0.4) is 0 Å². The first-order valence-electron chi connectivity index (χ1n) is 7.41. The number of hydrogen-bond donors (Lipinski definition) is 1. The summed E-state index contributed by atoms with van der Waals surface area (Å²) in [6.45, 7) is 0. The third kappa shape index (κ3) is 3.95. The van der Waals surface area contributed by atoms with Crippen LogP contribution in [0.2, 0.25) is 0 Å². The van der Waals surface area contributed by atoms with Crippen LogP contribution < -0.4 is 5.43 Å². The summed E-state index contributed by atoms with van der Waals surface area (Å²) >= 11 is 0. The molecule has 0 atom stereocenters. The third-order valence-corrected chi connectivity index (χ3v) is 3.52. The molecule has 0 spiro atoms. The van der Waals surface area contributed by atoms with Gasteiger partial charge in [0.15, 0.2) is 0 Å². The van der Waals surface area contributed by atoms with Crippen LogP contribution in [0.25, 0.3) is 12.2 Å². The maximum atomic E-state index is 4.28. The highest BCUT2D eigenvalue weighted by atomic mass is 15.3. The molecule has 2 heterocycles. The third-order valence-electron chi connectivity index (χ3n) is 3.52. The van der Waals surface area contributed by atoms with Crippen LogP contribution in [0, 0.1) is 0 Å². The maximum Gasteiger partial charge on any atom is 0.0709 e. The molecule has 0 bridgehead atoms. The molecule has 0 amide bonds. The summed E-state index contributed by atoms with van der Waals surface area (Å²) in [5.41, 5.74) is 7.26. The Hall–Kier alpha value is -3.14. The minimum atomic E-state index is 0.968. The Morgan fingerprint density at radius 1 is 0.913 bits per heavy atom. The van der Waals surface area contributed by atoms with Gasteiger partial charge in [0.1, 0.15) is 0 Å². The molecule has 23 heavy (non-hydrogen) atoms. The van der Waals surface area contributed by atoms with Crippen LogP contribution in [-0.2, 0) is 7.05 Å². The van der Waals surface area contributed by atoms with Crippen LogP contribution in [0.5, 0.6) is 0 Å². The molecule has 0 radical (unpaired) electrons. The lowest BCUT2D eigenvalue weighted by molar-refractivity contribution is 0.906. The van der Waals surface area contributed by atoms with E-state index in [9.17, 15) is 0 Å². The van der Waals surface area contributed by atoms with E-state index in [0.717, 1.165) is 22.6 Å². The number of hydrogen-bond acceptors (Lipinski definition) is 3. The van der Waals surface area contributed by atoms with Gasteiger partial charge in [0.25, 0.3) is 0 Å². The summed E-state index contributed by atoms with van der Waals surface area (Å²) in [5, 5.41) is 4.28. The number of benzene rings is 1. The molecule has 2 aromatic heterocycles. The van der Waals surface area contributed by atoms with Crippen molar-refractivity contribution in [1.29, 1.82) is 0 Å². The molecule has 0 aliphatic carbocycles. The SMILES string of the molecule is Cn1c(/C=C/c2ccncc2)ccc1/C=N/Nc1ccccc1. The second-order valence-corrected chi connectivity index (χ2v) is 5.09. The lowest BCUT2D eigenvalue weighted by Gasteiger charge is -2.02. The number of nitrogens with one attached hydrogen (secondary N) is 1. The van der Waals surface area contributed by atoms with Gasteiger partial charge in [-0.15, -0.1) is 0 Å². The summed E-state index contributed by atoms with van der Waals surface area (Å²) in [5.74, 6) is 0. The number of nitrogens with zero attached hydrogens (tertiary/aromatic N) is 3. The van der Waals surface area contributed by atoms with Crippen molar-refractivity contribution in [2.45, 2.75) is 0 Å². The number of anilines is 1. The van der Waals surface area contributed by atoms with Gasteiger partial charge < -0.3 is 4.57 Å². The van der Waals surface area contributed by atoms with Gasteiger partial charge in [-0.2, -0.15) is 5.10 Å². The molecular weight excluding hydrogens is 284 g/mol. The van der Waals surface area contributed by atoms with Gasteiger partial charge >= 0.3 is 0 Å². The average molecular weight is 302 g/mol. The molecule has 0 unspecified atom stereocenters.